The SMILES string of the molecule is Cc1ccc(Cn2ncc3cc(C(N)=O)ccc32)c(C)n1. The number of aromatic nitrogens is 3. The van der Waals surface area contributed by atoms with Crippen molar-refractivity contribution in [3.05, 3.63) is 59.0 Å². The van der Waals surface area contributed by atoms with Crippen LogP contribution in [0.4, 0.5) is 0 Å². The number of nitrogens with zero attached hydrogens (tertiary/aromatic N) is 3. The van der Waals surface area contributed by atoms with Crippen LogP contribution in [0, 0.1) is 13.8 Å². The van der Waals surface area contributed by atoms with Gasteiger partial charge in [0.2, 0.25) is 5.91 Å². The molecule has 5 heteroatoms. The lowest BCUT2D eigenvalue weighted by Crippen LogP contribution is -2.10. The van der Waals surface area contributed by atoms with Gasteiger partial charge in [0.1, 0.15) is 0 Å². The molecule has 1 amide bonds. The number of carbonyl (C=O) groups excluding carboxylic acids is 1. The summed E-state index contributed by atoms with van der Waals surface area (Å²) in [5.74, 6) is -0.428. The first-order valence-electron chi connectivity index (χ1n) is 6.73. The second kappa shape index (κ2) is 5.01. The van der Waals surface area contributed by atoms with Crippen LogP contribution in [0.5, 0.6) is 0 Å². The molecule has 3 aromatic rings. The van der Waals surface area contributed by atoms with Gasteiger partial charge in [-0.05, 0) is 43.7 Å². The Labute approximate surface area is 122 Å². The fraction of sp³-hybridized carbons (Fsp3) is 0.188. The zero-order valence-electron chi connectivity index (χ0n) is 12.0. The first kappa shape index (κ1) is 13.3. The molecule has 0 atom stereocenters. The highest BCUT2D eigenvalue weighted by atomic mass is 16.1. The molecule has 21 heavy (non-hydrogen) atoms. The summed E-state index contributed by atoms with van der Waals surface area (Å²) >= 11 is 0. The van der Waals surface area contributed by atoms with E-state index in [1.54, 1.807) is 18.3 Å². The molecule has 0 saturated heterocycles. The monoisotopic (exact) mass is 280 g/mol. The van der Waals surface area contributed by atoms with Gasteiger partial charge in [-0.1, -0.05) is 6.07 Å². The highest BCUT2D eigenvalue weighted by Crippen LogP contribution is 2.18. The van der Waals surface area contributed by atoms with E-state index in [9.17, 15) is 4.79 Å². The van der Waals surface area contributed by atoms with Crippen molar-refractivity contribution in [1.29, 1.82) is 0 Å². The number of fused-ring (bicyclic) bond motifs is 1. The van der Waals surface area contributed by atoms with Gasteiger partial charge < -0.3 is 5.73 Å². The van der Waals surface area contributed by atoms with Crippen LogP contribution in [0.25, 0.3) is 10.9 Å². The number of pyridine rings is 1. The number of rotatable bonds is 3. The van der Waals surface area contributed by atoms with E-state index in [1.807, 2.05) is 30.7 Å². The van der Waals surface area contributed by atoms with Crippen molar-refractivity contribution in [2.45, 2.75) is 20.4 Å². The Balaban J connectivity index is 1.99. The lowest BCUT2D eigenvalue weighted by molar-refractivity contribution is 0.100. The summed E-state index contributed by atoms with van der Waals surface area (Å²) in [6.07, 6.45) is 1.75. The number of benzene rings is 1. The maximum absolute atomic E-state index is 11.2. The quantitative estimate of drug-likeness (QED) is 0.799. The summed E-state index contributed by atoms with van der Waals surface area (Å²) in [4.78, 5) is 15.7. The van der Waals surface area contributed by atoms with E-state index in [4.69, 9.17) is 5.73 Å². The minimum atomic E-state index is -0.428. The number of primary amides is 1. The molecule has 0 saturated carbocycles. The van der Waals surface area contributed by atoms with Crippen molar-refractivity contribution >= 4 is 16.8 Å². The smallest absolute Gasteiger partial charge is 0.248 e. The molecular weight excluding hydrogens is 264 g/mol. The molecule has 5 nitrogen and oxygen atoms in total. The highest BCUT2D eigenvalue weighted by Gasteiger charge is 2.08. The zero-order chi connectivity index (χ0) is 15.0. The van der Waals surface area contributed by atoms with Crippen molar-refractivity contribution in [3.8, 4) is 0 Å². The maximum Gasteiger partial charge on any atom is 0.248 e. The summed E-state index contributed by atoms with van der Waals surface area (Å²) < 4.78 is 1.90. The van der Waals surface area contributed by atoms with E-state index >= 15 is 0 Å². The molecule has 106 valence electrons. The van der Waals surface area contributed by atoms with Crippen LogP contribution in [0.1, 0.15) is 27.3 Å². The van der Waals surface area contributed by atoms with Crippen LogP contribution in [0.15, 0.2) is 36.5 Å². The molecule has 0 aliphatic rings. The predicted molar refractivity (Wildman–Crippen MR) is 81.1 cm³/mol. The summed E-state index contributed by atoms with van der Waals surface area (Å²) in [7, 11) is 0. The third-order valence-corrected chi connectivity index (χ3v) is 3.58. The second-order valence-electron chi connectivity index (χ2n) is 5.14. The Hall–Kier alpha value is -2.69. The van der Waals surface area contributed by atoms with Crippen LogP contribution in [0.2, 0.25) is 0 Å². The Morgan fingerprint density at radius 3 is 2.76 bits per heavy atom. The Bertz CT molecular complexity index is 835. The topological polar surface area (TPSA) is 73.8 Å². The van der Waals surface area contributed by atoms with Gasteiger partial charge in [-0.15, -0.1) is 0 Å². The molecule has 3 rings (SSSR count). The van der Waals surface area contributed by atoms with Crippen molar-refractivity contribution in [1.82, 2.24) is 14.8 Å². The van der Waals surface area contributed by atoms with Crippen LogP contribution in [-0.2, 0) is 6.54 Å². The average molecular weight is 280 g/mol. The Kier molecular flexibility index (Phi) is 3.17. The number of hydrogen-bond donors (Lipinski definition) is 1. The number of aryl methyl sites for hydroxylation is 2. The van der Waals surface area contributed by atoms with Crippen molar-refractivity contribution in [2.24, 2.45) is 5.73 Å². The van der Waals surface area contributed by atoms with Gasteiger partial charge in [-0.3, -0.25) is 14.5 Å². The van der Waals surface area contributed by atoms with Gasteiger partial charge in [-0.2, -0.15) is 5.10 Å². The number of carbonyl (C=O) groups is 1. The van der Waals surface area contributed by atoms with Crippen molar-refractivity contribution in [3.63, 3.8) is 0 Å². The van der Waals surface area contributed by atoms with Gasteiger partial charge in [0.25, 0.3) is 0 Å². The van der Waals surface area contributed by atoms with E-state index in [0.29, 0.717) is 12.1 Å². The molecule has 0 unspecified atom stereocenters. The molecule has 1 aromatic carbocycles. The third kappa shape index (κ3) is 2.50. The van der Waals surface area contributed by atoms with Gasteiger partial charge in [0.05, 0.1) is 18.3 Å². The summed E-state index contributed by atoms with van der Waals surface area (Å²) in [6.45, 7) is 4.63. The first-order chi connectivity index (χ1) is 10.0. The fourth-order valence-electron chi connectivity index (χ4n) is 2.41. The Morgan fingerprint density at radius 1 is 1.24 bits per heavy atom. The Morgan fingerprint density at radius 2 is 2.05 bits per heavy atom. The highest BCUT2D eigenvalue weighted by molar-refractivity contribution is 5.96. The van der Waals surface area contributed by atoms with E-state index < -0.39 is 5.91 Å². The van der Waals surface area contributed by atoms with Crippen LogP contribution >= 0.6 is 0 Å². The maximum atomic E-state index is 11.2. The van der Waals surface area contributed by atoms with Gasteiger partial charge >= 0.3 is 0 Å². The molecule has 0 fully saturated rings. The molecule has 0 spiro atoms. The van der Waals surface area contributed by atoms with Crippen LogP contribution in [0.3, 0.4) is 0 Å². The minimum Gasteiger partial charge on any atom is -0.366 e. The molecule has 0 aliphatic carbocycles. The zero-order valence-corrected chi connectivity index (χ0v) is 12.0. The lowest BCUT2D eigenvalue weighted by Gasteiger charge is -2.07. The van der Waals surface area contributed by atoms with Crippen molar-refractivity contribution < 1.29 is 4.79 Å². The molecule has 0 aliphatic heterocycles. The minimum absolute atomic E-state index is 0.428. The normalized spacial score (nSPS) is 11.0. The standard InChI is InChI=1S/C16H16N4O/c1-10-3-4-13(11(2)19-10)9-20-15-6-5-12(16(17)21)7-14(15)8-18-20/h3-8H,9H2,1-2H3,(H2,17,21). The molecule has 2 N–H and O–H groups in total. The summed E-state index contributed by atoms with van der Waals surface area (Å²) in [6, 6.07) is 9.44. The summed E-state index contributed by atoms with van der Waals surface area (Å²) in [5.41, 5.74) is 9.91. The number of nitrogens with two attached hydrogens (primary N) is 1. The van der Waals surface area contributed by atoms with E-state index in [1.165, 1.54) is 0 Å². The van der Waals surface area contributed by atoms with E-state index in [0.717, 1.165) is 27.9 Å². The second-order valence-corrected chi connectivity index (χ2v) is 5.14. The molecule has 2 heterocycles. The van der Waals surface area contributed by atoms with Gasteiger partial charge in [0, 0.05) is 22.3 Å². The van der Waals surface area contributed by atoms with Gasteiger partial charge in [-0.25, -0.2) is 0 Å². The third-order valence-electron chi connectivity index (χ3n) is 3.58. The summed E-state index contributed by atoms with van der Waals surface area (Å²) in [5, 5.41) is 5.30. The van der Waals surface area contributed by atoms with E-state index in [-0.39, 0.29) is 0 Å². The largest absolute Gasteiger partial charge is 0.366 e. The number of hydrogen-bond acceptors (Lipinski definition) is 3. The molecule has 0 radical (unpaired) electrons. The lowest BCUT2D eigenvalue weighted by atomic mass is 10.1. The fourth-order valence-corrected chi connectivity index (χ4v) is 2.41. The van der Waals surface area contributed by atoms with Crippen LogP contribution < -0.4 is 5.73 Å². The number of amides is 1. The van der Waals surface area contributed by atoms with E-state index in [2.05, 4.69) is 16.1 Å². The average Bonchev–Trinajstić information content (AvgIpc) is 2.84. The van der Waals surface area contributed by atoms with Crippen molar-refractivity contribution in [2.75, 3.05) is 0 Å². The molecule has 0 bridgehead atoms. The van der Waals surface area contributed by atoms with Crippen LogP contribution in [-0.4, -0.2) is 20.7 Å². The first-order valence-corrected chi connectivity index (χ1v) is 6.73. The molecular formula is C16H16N4O. The molecule has 2 aromatic heterocycles. The predicted octanol–water partition coefficient (Wildman–Crippen LogP) is 2.20. The van der Waals surface area contributed by atoms with Gasteiger partial charge in [0.15, 0.2) is 0 Å².